The zero-order valence-corrected chi connectivity index (χ0v) is 15.7. The molecule has 1 N–H and O–H groups in total. The van der Waals surface area contributed by atoms with E-state index < -0.39 is 11.6 Å². The lowest BCUT2D eigenvalue weighted by Gasteiger charge is -2.54. The Morgan fingerprint density at radius 3 is 2.50 bits per heavy atom. The lowest BCUT2D eigenvalue weighted by Crippen LogP contribution is -2.55. The number of aryl methyl sites for hydroxylation is 1. The third-order valence-electron chi connectivity index (χ3n) is 6.87. The Kier molecular flexibility index (Phi) is 4.44. The number of carbonyl (C=O) groups is 1. The number of carbonyl (C=O) groups excluding carboxylic acids is 1. The van der Waals surface area contributed by atoms with Crippen molar-refractivity contribution in [3.8, 4) is 11.3 Å². The van der Waals surface area contributed by atoms with Crippen molar-refractivity contribution < 1.29 is 18.0 Å². The molecular weight excluding hydrogens is 362 g/mol. The zero-order valence-electron chi connectivity index (χ0n) is 15.7. The number of hydrogen-bond acceptors (Lipinski definition) is 3. The van der Waals surface area contributed by atoms with Crippen molar-refractivity contribution in [2.24, 2.45) is 23.7 Å². The molecule has 6 heteroatoms. The molecule has 4 bridgehead atoms. The molecule has 1 aromatic heterocycles. The quantitative estimate of drug-likeness (QED) is 0.824. The Labute approximate surface area is 162 Å². The van der Waals surface area contributed by atoms with Gasteiger partial charge in [0.2, 0.25) is 5.91 Å². The molecule has 0 atom stereocenters. The van der Waals surface area contributed by atoms with E-state index in [0.29, 0.717) is 36.6 Å². The summed E-state index contributed by atoms with van der Waals surface area (Å²) >= 11 is 0. The minimum atomic E-state index is -0.692. The van der Waals surface area contributed by atoms with Gasteiger partial charge in [-0.3, -0.25) is 4.79 Å². The molecule has 28 heavy (non-hydrogen) atoms. The number of benzene rings is 1. The van der Waals surface area contributed by atoms with Crippen molar-refractivity contribution >= 4 is 5.91 Å². The van der Waals surface area contributed by atoms with Crippen molar-refractivity contribution in [3.63, 3.8) is 0 Å². The number of hydrogen-bond donors (Lipinski definition) is 1. The van der Waals surface area contributed by atoms with Crippen LogP contribution in [0.4, 0.5) is 8.78 Å². The third-order valence-corrected chi connectivity index (χ3v) is 6.87. The van der Waals surface area contributed by atoms with Gasteiger partial charge in [0.05, 0.1) is 11.8 Å². The normalized spacial score (nSPS) is 30.6. The van der Waals surface area contributed by atoms with E-state index in [0.717, 1.165) is 17.9 Å². The maximum Gasteiger partial charge on any atom is 0.220 e. The Morgan fingerprint density at radius 2 is 1.82 bits per heavy atom. The van der Waals surface area contributed by atoms with Crippen LogP contribution < -0.4 is 5.32 Å². The van der Waals surface area contributed by atoms with Gasteiger partial charge in [-0.15, -0.1) is 0 Å². The van der Waals surface area contributed by atoms with Crippen LogP contribution in [0.25, 0.3) is 11.3 Å². The molecule has 0 radical (unpaired) electrons. The first-order valence-electron chi connectivity index (χ1n) is 10.2. The van der Waals surface area contributed by atoms with E-state index in [1.54, 1.807) is 0 Å². The highest BCUT2D eigenvalue weighted by atomic mass is 19.1. The van der Waals surface area contributed by atoms with E-state index >= 15 is 0 Å². The van der Waals surface area contributed by atoms with Crippen LogP contribution in [-0.4, -0.2) is 16.9 Å². The van der Waals surface area contributed by atoms with Gasteiger partial charge in [0.25, 0.3) is 0 Å². The van der Waals surface area contributed by atoms with Crippen LogP contribution in [-0.2, 0) is 11.2 Å². The Hall–Kier alpha value is -2.24. The summed E-state index contributed by atoms with van der Waals surface area (Å²) < 4.78 is 32.5. The summed E-state index contributed by atoms with van der Waals surface area (Å²) in [6, 6.07) is 3.65. The second kappa shape index (κ2) is 6.98. The molecule has 1 heterocycles. The minimum absolute atomic E-state index is 0.0326. The van der Waals surface area contributed by atoms with Crippen LogP contribution in [0.2, 0.25) is 0 Å². The molecule has 0 unspecified atom stereocenters. The Morgan fingerprint density at radius 1 is 1.11 bits per heavy atom. The lowest BCUT2D eigenvalue weighted by molar-refractivity contribution is -0.125. The van der Waals surface area contributed by atoms with Gasteiger partial charge in [0, 0.05) is 24.9 Å². The Bertz CT molecular complexity index is 866. The topological polar surface area (TPSA) is 55.1 Å². The summed E-state index contributed by atoms with van der Waals surface area (Å²) in [5.74, 6) is 2.40. The van der Waals surface area contributed by atoms with Crippen molar-refractivity contribution in [2.75, 3.05) is 0 Å². The number of aromatic nitrogens is 1. The summed E-state index contributed by atoms with van der Waals surface area (Å²) in [6.45, 7) is 0. The fourth-order valence-corrected chi connectivity index (χ4v) is 5.88. The van der Waals surface area contributed by atoms with Gasteiger partial charge in [0.15, 0.2) is 11.7 Å². The molecule has 6 rings (SSSR count). The third kappa shape index (κ3) is 3.33. The summed E-state index contributed by atoms with van der Waals surface area (Å²) in [7, 11) is 0. The van der Waals surface area contributed by atoms with Crippen molar-refractivity contribution in [1.82, 2.24) is 10.3 Å². The molecule has 4 fully saturated rings. The first-order valence-corrected chi connectivity index (χ1v) is 10.2. The van der Waals surface area contributed by atoms with E-state index in [1.165, 1.54) is 50.4 Å². The lowest BCUT2D eigenvalue weighted by atomic mass is 9.54. The Balaban J connectivity index is 1.18. The molecule has 0 saturated heterocycles. The molecule has 1 amide bonds. The van der Waals surface area contributed by atoms with E-state index in [2.05, 4.69) is 10.3 Å². The molecular formula is C22H24F2N2O2. The van der Waals surface area contributed by atoms with Crippen molar-refractivity contribution in [2.45, 2.75) is 51.0 Å². The average molecular weight is 386 g/mol. The first-order chi connectivity index (χ1) is 13.5. The number of rotatable bonds is 5. The van der Waals surface area contributed by atoms with Crippen molar-refractivity contribution in [1.29, 1.82) is 0 Å². The number of amides is 1. The molecule has 4 saturated carbocycles. The van der Waals surface area contributed by atoms with Crippen LogP contribution in [0, 0.1) is 35.3 Å². The van der Waals surface area contributed by atoms with Gasteiger partial charge in [-0.2, -0.15) is 0 Å². The predicted molar refractivity (Wildman–Crippen MR) is 99.2 cm³/mol. The van der Waals surface area contributed by atoms with E-state index in [9.17, 15) is 13.6 Å². The molecule has 0 aliphatic heterocycles. The zero-order chi connectivity index (χ0) is 19.3. The second-order valence-electron chi connectivity index (χ2n) is 8.77. The average Bonchev–Trinajstić information content (AvgIpc) is 3.11. The minimum Gasteiger partial charge on any atom is -0.441 e. The van der Waals surface area contributed by atoms with Crippen molar-refractivity contribution in [3.05, 3.63) is 41.9 Å². The fraction of sp³-hybridized carbons (Fsp3) is 0.545. The predicted octanol–water partition coefficient (Wildman–Crippen LogP) is 4.49. The van der Waals surface area contributed by atoms with Gasteiger partial charge in [0.1, 0.15) is 11.6 Å². The smallest absolute Gasteiger partial charge is 0.220 e. The maximum absolute atomic E-state index is 13.9. The second-order valence-corrected chi connectivity index (χ2v) is 8.77. The standard InChI is InChI=1S/C22H24F2N2O2/c23-16-1-2-17(18(24)10-16)19-11-25-21(28-19)4-3-20(27)26-22-14-6-12-5-13(8-14)9-15(22)7-12/h1-2,10-15,22H,3-9H2,(H,26,27). The molecule has 0 spiro atoms. The summed E-state index contributed by atoms with van der Waals surface area (Å²) in [4.78, 5) is 16.6. The van der Waals surface area contributed by atoms with Gasteiger partial charge in [-0.1, -0.05) is 0 Å². The van der Waals surface area contributed by atoms with Gasteiger partial charge in [-0.05, 0) is 67.9 Å². The van der Waals surface area contributed by atoms with Crippen LogP contribution >= 0.6 is 0 Å². The summed E-state index contributed by atoms with van der Waals surface area (Å²) in [5, 5.41) is 3.28. The number of nitrogens with zero attached hydrogens (tertiary/aromatic N) is 1. The largest absolute Gasteiger partial charge is 0.441 e. The first kappa shape index (κ1) is 17.8. The number of halogens is 2. The summed E-state index contributed by atoms with van der Waals surface area (Å²) in [6.07, 6.45) is 8.55. The molecule has 4 aliphatic rings. The highest BCUT2D eigenvalue weighted by Crippen LogP contribution is 2.53. The highest BCUT2D eigenvalue weighted by Gasteiger charge is 2.48. The molecule has 4 nitrogen and oxygen atoms in total. The van der Waals surface area contributed by atoms with Crippen LogP contribution in [0.15, 0.2) is 28.8 Å². The summed E-state index contributed by atoms with van der Waals surface area (Å²) in [5.41, 5.74) is 0.165. The number of oxazole rings is 1. The van der Waals surface area contributed by atoms with Crippen LogP contribution in [0.3, 0.4) is 0 Å². The van der Waals surface area contributed by atoms with E-state index in [4.69, 9.17) is 4.42 Å². The monoisotopic (exact) mass is 386 g/mol. The maximum atomic E-state index is 13.9. The van der Waals surface area contributed by atoms with Gasteiger partial charge < -0.3 is 9.73 Å². The van der Waals surface area contributed by atoms with Crippen LogP contribution in [0.5, 0.6) is 0 Å². The molecule has 2 aromatic rings. The van der Waals surface area contributed by atoms with Gasteiger partial charge >= 0.3 is 0 Å². The van der Waals surface area contributed by atoms with E-state index in [-0.39, 0.29) is 17.2 Å². The SMILES string of the molecule is O=C(CCc1ncc(-c2ccc(F)cc2F)o1)NC1C2CC3CC(C2)CC1C3. The molecule has 1 aromatic carbocycles. The molecule has 4 aliphatic carbocycles. The van der Waals surface area contributed by atoms with Crippen LogP contribution in [0.1, 0.15) is 44.4 Å². The van der Waals surface area contributed by atoms with E-state index in [1.807, 2.05) is 0 Å². The molecule has 148 valence electrons. The highest BCUT2D eigenvalue weighted by molar-refractivity contribution is 5.76. The fourth-order valence-electron chi connectivity index (χ4n) is 5.88. The van der Waals surface area contributed by atoms with Gasteiger partial charge in [-0.25, -0.2) is 13.8 Å². The number of nitrogens with one attached hydrogen (secondary N) is 1.